The summed E-state index contributed by atoms with van der Waals surface area (Å²) in [4.78, 5) is 0. The van der Waals surface area contributed by atoms with Crippen LogP contribution in [0.2, 0.25) is 0 Å². The average molecular weight is 307 g/mol. The second-order valence-electron chi connectivity index (χ2n) is 4.33. The summed E-state index contributed by atoms with van der Waals surface area (Å²) in [6, 6.07) is 2.55. The molecule has 1 N–H and O–H groups in total. The summed E-state index contributed by atoms with van der Waals surface area (Å²) in [5, 5.41) is 10.3. The van der Waals surface area contributed by atoms with Crippen LogP contribution in [0.3, 0.4) is 0 Å². The van der Waals surface area contributed by atoms with Gasteiger partial charge in [-0.2, -0.15) is 0 Å². The first-order valence-electron chi connectivity index (χ1n) is 5.78. The Balaban J connectivity index is 3.05. The lowest BCUT2D eigenvalue weighted by atomic mass is 9.87. The zero-order chi connectivity index (χ0) is 13.1. The predicted molar refractivity (Wildman–Crippen MR) is 67.9 cm³/mol. The van der Waals surface area contributed by atoms with Crippen LogP contribution in [0.1, 0.15) is 38.7 Å². The minimum Gasteiger partial charge on any atom is -0.390 e. The molecule has 1 rings (SSSR count). The molecule has 1 aromatic rings. The third-order valence-electron chi connectivity index (χ3n) is 3.02. The Kier molecular flexibility index (Phi) is 5.07. The third-order valence-corrected chi connectivity index (χ3v) is 3.63. The van der Waals surface area contributed by atoms with Gasteiger partial charge in [-0.05, 0) is 40.9 Å². The molecule has 96 valence electrons. The van der Waals surface area contributed by atoms with E-state index in [9.17, 15) is 13.9 Å². The topological polar surface area (TPSA) is 20.2 Å². The van der Waals surface area contributed by atoms with Crippen LogP contribution in [0, 0.1) is 11.6 Å². The van der Waals surface area contributed by atoms with Gasteiger partial charge >= 0.3 is 0 Å². The van der Waals surface area contributed by atoms with Crippen LogP contribution in [0.5, 0.6) is 0 Å². The summed E-state index contributed by atoms with van der Waals surface area (Å²) >= 11 is 3.03. The molecular weight excluding hydrogens is 290 g/mol. The molecule has 0 aliphatic carbocycles. The van der Waals surface area contributed by atoms with E-state index in [0.29, 0.717) is 12.8 Å². The lowest BCUT2D eigenvalue weighted by Gasteiger charge is -2.27. The normalized spacial score (nSPS) is 14.7. The van der Waals surface area contributed by atoms with Gasteiger partial charge in [0, 0.05) is 12.0 Å². The first kappa shape index (κ1) is 14.6. The minimum atomic E-state index is -1.03. The smallest absolute Gasteiger partial charge is 0.143 e. The zero-order valence-electron chi connectivity index (χ0n) is 10.1. The maximum absolute atomic E-state index is 13.8. The van der Waals surface area contributed by atoms with Crippen molar-refractivity contribution >= 4 is 15.9 Å². The van der Waals surface area contributed by atoms with E-state index in [1.165, 1.54) is 12.1 Å². The summed E-state index contributed by atoms with van der Waals surface area (Å²) in [5.74, 6) is -1.22. The van der Waals surface area contributed by atoms with Gasteiger partial charge in [-0.15, -0.1) is 0 Å². The monoisotopic (exact) mass is 306 g/mol. The van der Waals surface area contributed by atoms with E-state index in [1.54, 1.807) is 0 Å². The number of benzene rings is 1. The molecule has 0 amide bonds. The Morgan fingerprint density at radius 1 is 1.29 bits per heavy atom. The summed E-state index contributed by atoms with van der Waals surface area (Å²) in [7, 11) is 0. The highest BCUT2D eigenvalue weighted by Crippen LogP contribution is 2.28. The van der Waals surface area contributed by atoms with Crippen molar-refractivity contribution in [3.8, 4) is 0 Å². The molecule has 0 saturated carbocycles. The summed E-state index contributed by atoms with van der Waals surface area (Å²) in [6.07, 6.45) is 1.80. The Labute approximate surface area is 109 Å². The SMILES string of the molecule is CCCC(O)(CC)Cc1c(F)ccc(Br)c1F. The molecule has 1 aromatic carbocycles. The summed E-state index contributed by atoms with van der Waals surface area (Å²) in [5.41, 5.74) is -1.07. The second kappa shape index (κ2) is 5.91. The van der Waals surface area contributed by atoms with Crippen LogP contribution in [0.4, 0.5) is 8.78 Å². The Morgan fingerprint density at radius 3 is 2.47 bits per heavy atom. The summed E-state index contributed by atoms with van der Waals surface area (Å²) in [6.45, 7) is 3.76. The van der Waals surface area contributed by atoms with Crippen molar-refractivity contribution in [2.45, 2.75) is 45.1 Å². The quantitative estimate of drug-likeness (QED) is 0.808. The zero-order valence-corrected chi connectivity index (χ0v) is 11.7. The highest BCUT2D eigenvalue weighted by Gasteiger charge is 2.27. The van der Waals surface area contributed by atoms with Crippen LogP contribution in [-0.4, -0.2) is 10.7 Å². The molecule has 0 saturated heterocycles. The Morgan fingerprint density at radius 2 is 1.94 bits per heavy atom. The van der Waals surface area contributed by atoms with Crippen molar-refractivity contribution in [2.24, 2.45) is 0 Å². The number of hydrogen-bond donors (Lipinski definition) is 1. The summed E-state index contributed by atoms with van der Waals surface area (Å²) < 4.78 is 27.6. The van der Waals surface area contributed by atoms with Crippen molar-refractivity contribution in [1.82, 2.24) is 0 Å². The molecule has 0 aliphatic rings. The van der Waals surface area contributed by atoms with E-state index in [2.05, 4.69) is 15.9 Å². The third kappa shape index (κ3) is 3.49. The molecule has 1 unspecified atom stereocenters. The molecule has 0 spiro atoms. The first-order chi connectivity index (χ1) is 7.93. The number of halogens is 3. The van der Waals surface area contributed by atoms with Gasteiger partial charge in [0.15, 0.2) is 0 Å². The Hall–Kier alpha value is -0.480. The van der Waals surface area contributed by atoms with Crippen molar-refractivity contribution in [1.29, 1.82) is 0 Å². The van der Waals surface area contributed by atoms with Crippen molar-refractivity contribution in [2.75, 3.05) is 0 Å². The highest BCUT2D eigenvalue weighted by atomic mass is 79.9. The van der Waals surface area contributed by atoms with Gasteiger partial charge in [-0.25, -0.2) is 8.78 Å². The van der Waals surface area contributed by atoms with Crippen LogP contribution >= 0.6 is 15.9 Å². The van der Waals surface area contributed by atoms with E-state index >= 15 is 0 Å². The lowest BCUT2D eigenvalue weighted by molar-refractivity contribution is 0.0254. The van der Waals surface area contributed by atoms with E-state index in [0.717, 1.165) is 6.42 Å². The maximum Gasteiger partial charge on any atom is 0.143 e. The lowest BCUT2D eigenvalue weighted by Crippen LogP contribution is -2.31. The molecule has 0 bridgehead atoms. The van der Waals surface area contributed by atoms with Gasteiger partial charge in [0.2, 0.25) is 0 Å². The predicted octanol–water partition coefficient (Wildman–Crippen LogP) is 4.21. The minimum absolute atomic E-state index is 0.00838. The van der Waals surface area contributed by atoms with Crippen LogP contribution < -0.4 is 0 Å². The van der Waals surface area contributed by atoms with E-state index in [-0.39, 0.29) is 16.5 Å². The molecule has 1 nitrogen and oxygen atoms in total. The van der Waals surface area contributed by atoms with Gasteiger partial charge in [0.05, 0.1) is 10.1 Å². The van der Waals surface area contributed by atoms with Crippen molar-refractivity contribution in [3.63, 3.8) is 0 Å². The largest absolute Gasteiger partial charge is 0.390 e. The van der Waals surface area contributed by atoms with Crippen molar-refractivity contribution < 1.29 is 13.9 Å². The van der Waals surface area contributed by atoms with Crippen molar-refractivity contribution in [3.05, 3.63) is 33.8 Å². The van der Waals surface area contributed by atoms with Gasteiger partial charge in [0.25, 0.3) is 0 Å². The fourth-order valence-electron chi connectivity index (χ4n) is 1.92. The molecule has 17 heavy (non-hydrogen) atoms. The molecule has 0 aromatic heterocycles. The molecule has 0 radical (unpaired) electrons. The maximum atomic E-state index is 13.8. The fraction of sp³-hybridized carbons (Fsp3) is 0.538. The van der Waals surface area contributed by atoms with Crippen LogP contribution in [-0.2, 0) is 6.42 Å². The standard InChI is InChI=1S/C13H17BrF2O/c1-3-7-13(17,4-2)8-9-11(15)6-5-10(14)12(9)16/h5-6,17H,3-4,7-8H2,1-2H3. The van der Waals surface area contributed by atoms with E-state index in [4.69, 9.17) is 0 Å². The molecule has 0 fully saturated rings. The fourth-order valence-corrected chi connectivity index (χ4v) is 2.29. The van der Waals surface area contributed by atoms with E-state index < -0.39 is 17.2 Å². The van der Waals surface area contributed by atoms with Gasteiger partial charge in [-0.1, -0.05) is 20.3 Å². The molecule has 4 heteroatoms. The molecule has 1 atom stereocenters. The number of aliphatic hydroxyl groups is 1. The van der Waals surface area contributed by atoms with Gasteiger partial charge < -0.3 is 5.11 Å². The second-order valence-corrected chi connectivity index (χ2v) is 5.18. The number of hydrogen-bond acceptors (Lipinski definition) is 1. The highest BCUT2D eigenvalue weighted by molar-refractivity contribution is 9.10. The van der Waals surface area contributed by atoms with Crippen LogP contribution in [0.25, 0.3) is 0 Å². The molecule has 0 aliphatic heterocycles. The van der Waals surface area contributed by atoms with Crippen LogP contribution in [0.15, 0.2) is 16.6 Å². The van der Waals surface area contributed by atoms with Gasteiger partial charge in [0.1, 0.15) is 11.6 Å². The first-order valence-corrected chi connectivity index (χ1v) is 6.57. The van der Waals surface area contributed by atoms with Gasteiger partial charge in [-0.3, -0.25) is 0 Å². The molecule has 0 heterocycles. The van der Waals surface area contributed by atoms with E-state index in [1.807, 2.05) is 13.8 Å². The Bertz CT molecular complexity index is 395. The molecular formula is C13H17BrF2O. The average Bonchev–Trinajstić information content (AvgIpc) is 2.30. The number of rotatable bonds is 5.